The first-order valence-corrected chi connectivity index (χ1v) is 5.70. The van der Waals surface area contributed by atoms with Gasteiger partial charge in [-0.15, -0.1) is 0 Å². The summed E-state index contributed by atoms with van der Waals surface area (Å²) in [6, 6.07) is 1.96. The Hall–Kier alpha value is -1.09. The minimum Gasteiger partial charge on any atom is -0.474 e. The van der Waals surface area contributed by atoms with Crippen molar-refractivity contribution < 1.29 is 9.84 Å². The number of hydrogen-bond donors (Lipinski definition) is 1. The van der Waals surface area contributed by atoms with E-state index in [1.54, 1.807) is 0 Å². The zero-order valence-corrected chi connectivity index (χ0v) is 10.7. The van der Waals surface area contributed by atoms with E-state index in [9.17, 15) is 5.11 Å². The fraction of sp³-hybridized carbons (Fsp3) is 0.615. The molecule has 0 amide bonds. The van der Waals surface area contributed by atoms with Gasteiger partial charge in [-0.3, -0.25) is 0 Å². The van der Waals surface area contributed by atoms with Crippen LogP contribution >= 0.6 is 0 Å². The molecule has 0 aromatic carbocycles. The van der Waals surface area contributed by atoms with Crippen LogP contribution in [0.3, 0.4) is 0 Å². The van der Waals surface area contributed by atoms with Gasteiger partial charge < -0.3 is 9.84 Å². The summed E-state index contributed by atoms with van der Waals surface area (Å²) in [7, 11) is 0. The Balaban J connectivity index is 3.02. The molecule has 1 heterocycles. The van der Waals surface area contributed by atoms with Crippen molar-refractivity contribution in [3.8, 4) is 5.88 Å². The molecular formula is C13H21NO2. The Morgan fingerprint density at radius 2 is 1.94 bits per heavy atom. The van der Waals surface area contributed by atoms with Gasteiger partial charge in [0.2, 0.25) is 5.88 Å². The third-order valence-corrected chi connectivity index (χ3v) is 2.83. The lowest BCUT2D eigenvalue weighted by Gasteiger charge is -2.20. The largest absolute Gasteiger partial charge is 0.474 e. The fourth-order valence-corrected chi connectivity index (χ4v) is 1.43. The highest BCUT2D eigenvalue weighted by molar-refractivity contribution is 5.35. The second-order valence-corrected chi connectivity index (χ2v) is 4.59. The highest BCUT2D eigenvalue weighted by Gasteiger charge is 2.14. The molecule has 0 radical (unpaired) electrons. The maximum atomic E-state index is 9.32. The molecule has 0 saturated carbocycles. The van der Waals surface area contributed by atoms with Crippen LogP contribution in [0, 0.1) is 19.8 Å². The van der Waals surface area contributed by atoms with Crippen LogP contribution in [-0.4, -0.2) is 16.2 Å². The number of aryl methyl sites for hydroxylation is 2. The van der Waals surface area contributed by atoms with Gasteiger partial charge in [-0.2, -0.15) is 0 Å². The standard InChI is InChI=1S/C13H21NO2/c1-8(2)11(5)16-13-12(7-15)9(3)6-10(4)14-13/h6,8,11,15H,7H2,1-5H3. The number of pyridine rings is 1. The molecule has 1 aromatic heterocycles. The van der Waals surface area contributed by atoms with Gasteiger partial charge >= 0.3 is 0 Å². The number of aliphatic hydroxyl groups excluding tert-OH is 1. The van der Waals surface area contributed by atoms with E-state index in [1.165, 1.54) is 0 Å². The first kappa shape index (κ1) is 13.0. The minimum absolute atomic E-state index is 0.0285. The van der Waals surface area contributed by atoms with Crippen LogP contribution in [0.25, 0.3) is 0 Å². The Morgan fingerprint density at radius 1 is 1.31 bits per heavy atom. The van der Waals surface area contributed by atoms with Crippen molar-refractivity contribution in [1.29, 1.82) is 0 Å². The van der Waals surface area contributed by atoms with Gasteiger partial charge in [-0.05, 0) is 38.3 Å². The molecule has 0 saturated heterocycles. The van der Waals surface area contributed by atoms with Gasteiger partial charge in [0.15, 0.2) is 0 Å². The summed E-state index contributed by atoms with van der Waals surface area (Å²) in [6.07, 6.45) is 0.0963. The van der Waals surface area contributed by atoms with Gasteiger partial charge in [-0.25, -0.2) is 4.98 Å². The molecule has 3 nitrogen and oxygen atoms in total. The molecule has 0 aliphatic carbocycles. The summed E-state index contributed by atoms with van der Waals surface area (Å²) >= 11 is 0. The van der Waals surface area contributed by atoms with E-state index in [2.05, 4.69) is 18.8 Å². The Bertz CT molecular complexity index is 361. The smallest absolute Gasteiger partial charge is 0.219 e. The van der Waals surface area contributed by atoms with Crippen molar-refractivity contribution in [1.82, 2.24) is 4.98 Å². The number of hydrogen-bond acceptors (Lipinski definition) is 3. The molecule has 16 heavy (non-hydrogen) atoms. The third kappa shape index (κ3) is 2.95. The van der Waals surface area contributed by atoms with E-state index in [0.29, 0.717) is 11.8 Å². The monoisotopic (exact) mass is 223 g/mol. The molecule has 1 N–H and O–H groups in total. The topological polar surface area (TPSA) is 42.4 Å². The molecule has 3 heteroatoms. The molecule has 1 aromatic rings. The molecule has 1 rings (SSSR count). The van der Waals surface area contributed by atoms with E-state index >= 15 is 0 Å². The maximum absolute atomic E-state index is 9.32. The number of aromatic nitrogens is 1. The van der Waals surface area contributed by atoms with E-state index in [0.717, 1.165) is 16.8 Å². The normalized spacial score (nSPS) is 12.9. The molecule has 1 atom stereocenters. The van der Waals surface area contributed by atoms with Crippen molar-refractivity contribution in [2.45, 2.75) is 47.3 Å². The Kier molecular flexibility index (Phi) is 4.30. The number of rotatable bonds is 4. The summed E-state index contributed by atoms with van der Waals surface area (Å²) in [5.74, 6) is 0.996. The van der Waals surface area contributed by atoms with Gasteiger partial charge in [0, 0.05) is 11.3 Å². The molecule has 0 spiro atoms. The molecule has 0 bridgehead atoms. The quantitative estimate of drug-likeness (QED) is 0.853. The average molecular weight is 223 g/mol. The van der Waals surface area contributed by atoms with Gasteiger partial charge in [0.05, 0.1) is 12.7 Å². The highest BCUT2D eigenvalue weighted by atomic mass is 16.5. The highest BCUT2D eigenvalue weighted by Crippen LogP contribution is 2.23. The number of aliphatic hydroxyl groups is 1. The molecule has 0 fully saturated rings. The predicted molar refractivity (Wildman–Crippen MR) is 64.6 cm³/mol. The first-order chi connectivity index (χ1) is 7.45. The number of ether oxygens (including phenoxy) is 1. The molecule has 1 unspecified atom stereocenters. The lowest BCUT2D eigenvalue weighted by atomic mass is 10.1. The second kappa shape index (κ2) is 5.30. The first-order valence-electron chi connectivity index (χ1n) is 5.70. The SMILES string of the molecule is Cc1cc(C)c(CO)c(OC(C)C(C)C)n1. The predicted octanol–water partition coefficient (Wildman–Crippen LogP) is 2.61. The van der Waals surface area contributed by atoms with Crippen molar-refractivity contribution >= 4 is 0 Å². The van der Waals surface area contributed by atoms with Crippen LogP contribution in [0.15, 0.2) is 6.07 Å². The van der Waals surface area contributed by atoms with Crippen LogP contribution in [0.5, 0.6) is 5.88 Å². The minimum atomic E-state index is -0.0285. The van der Waals surface area contributed by atoms with Crippen LogP contribution < -0.4 is 4.74 Å². The second-order valence-electron chi connectivity index (χ2n) is 4.59. The summed E-state index contributed by atoms with van der Waals surface area (Å²) in [6.45, 7) is 10.1. The van der Waals surface area contributed by atoms with Crippen molar-refractivity contribution in [3.05, 3.63) is 22.9 Å². The third-order valence-electron chi connectivity index (χ3n) is 2.83. The van der Waals surface area contributed by atoms with Crippen LogP contribution in [0.4, 0.5) is 0 Å². The summed E-state index contributed by atoms with van der Waals surface area (Å²) < 4.78 is 5.79. The lowest BCUT2D eigenvalue weighted by molar-refractivity contribution is 0.156. The summed E-state index contributed by atoms with van der Waals surface area (Å²) in [4.78, 5) is 4.34. The van der Waals surface area contributed by atoms with Crippen molar-refractivity contribution in [3.63, 3.8) is 0 Å². The van der Waals surface area contributed by atoms with Crippen molar-refractivity contribution in [2.75, 3.05) is 0 Å². The average Bonchev–Trinajstić information content (AvgIpc) is 2.16. The van der Waals surface area contributed by atoms with E-state index in [1.807, 2.05) is 26.8 Å². The van der Waals surface area contributed by atoms with E-state index < -0.39 is 0 Å². The lowest BCUT2D eigenvalue weighted by Crippen LogP contribution is -2.20. The molecule has 0 aliphatic rings. The van der Waals surface area contributed by atoms with E-state index in [-0.39, 0.29) is 12.7 Å². The molecule has 90 valence electrons. The summed E-state index contributed by atoms with van der Waals surface area (Å²) in [5, 5.41) is 9.32. The summed E-state index contributed by atoms with van der Waals surface area (Å²) in [5.41, 5.74) is 2.74. The van der Waals surface area contributed by atoms with Gasteiger partial charge in [-0.1, -0.05) is 13.8 Å². The van der Waals surface area contributed by atoms with Crippen LogP contribution in [0.1, 0.15) is 37.6 Å². The van der Waals surface area contributed by atoms with Crippen LogP contribution in [0.2, 0.25) is 0 Å². The van der Waals surface area contributed by atoms with E-state index in [4.69, 9.17) is 4.74 Å². The van der Waals surface area contributed by atoms with Gasteiger partial charge in [0.1, 0.15) is 0 Å². The van der Waals surface area contributed by atoms with Crippen LogP contribution in [-0.2, 0) is 6.61 Å². The zero-order valence-electron chi connectivity index (χ0n) is 10.7. The molecular weight excluding hydrogens is 202 g/mol. The van der Waals surface area contributed by atoms with Gasteiger partial charge in [0.25, 0.3) is 0 Å². The Labute approximate surface area is 97.5 Å². The molecule has 0 aliphatic heterocycles. The maximum Gasteiger partial charge on any atom is 0.219 e. The Morgan fingerprint density at radius 3 is 2.44 bits per heavy atom. The number of nitrogens with zero attached hydrogens (tertiary/aromatic N) is 1. The van der Waals surface area contributed by atoms with Crippen molar-refractivity contribution in [2.24, 2.45) is 5.92 Å². The fourth-order valence-electron chi connectivity index (χ4n) is 1.43. The zero-order chi connectivity index (χ0) is 12.3.